The second kappa shape index (κ2) is 5.80. The summed E-state index contributed by atoms with van der Waals surface area (Å²) in [7, 11) is 0. The molecule has 1 atom stereocenters. The number of carbonyl (C=O) groups is 1. The molecule has 0 spiro atoms. The Morgan fingerprint density at radius 3 is 2.22 bits per heavy atom. The average Bonchev–Trinajstić information content (AvgIpc) is 2.23. The van der Waals surface area contributed by atoms with Gasteiger partial charge in [-0.3, -0.25) is 4.79 Å². The molecular weight excluding hydrogens is 238 g/mol. The van der Waals surface area contributed by atoms with Gasteiger partial charge in [0.15, 0.2) is 0 Å². The van der Waals surface area contributed by atoms with E-state index in [0.717, 1.165) is 18.6 Å². The summed E-state index contributed by atoms with van der Waals surface area (Å²) in [5.74, 6) is -1.91. The van der Waals surface area contributed by atoms with Crippen LogP contribution in [0.2, 0.25) is 0 Å². The van der Waals surface area contributed by atoms with Crippen molar-refractivity contribution < 1.29 is 13.6 Å². The molecule has 1 amide bonds. The van der Waals surface area contributed by atoms with Crippen molar-refractivity contribution >= 4 is 11.6 Å². The van der Waals surface area contributed by atoms with E-state index < -0.39 is 23.2 Å². The third-order valence-corrected chi connectivity index (χ3v) is 2.54. The Kier molecular flexibility index (Phi) is 4.64. The first-order valence-corrected chi connectivity index (χ1v) is 5.86. The van der Waals surface area contributed by atoms with E-state index in [1.54, 1.807) is 0 Å². The van der Waals surface area contributed by atoms with Gasteiger partial charge >= 0.3 is 0 Å². The van der Waals surface area contributed by atoms with Gasteiger partial charge in [-0.25, -0.2) is 8.78 Å². The molecule has 0 saturated carbocycles. The summed E-state index contributed by atoms with van der Waals surface area (Å²) in [6, 6.07) is 1.83. The van der Waals surface area contributed by atoms with Crippen LogP contribution in [0, 0.1) is 17.6 Å². The highest BCUT2D eigenvalue weighted by atomic mass is 19.1. The molecule has 0 aliphatic rings. The third-order valence-electron chi connectivity index (χ3n) is 2.54. The van der Waals surface area contributed by atoms with Crippen LogP contribution in [0.15, 0.2) is 12.1 Å². The van der Waals surface area contributed by atoms with Gasteiger partial charge < -0.3 is 11.1 Å². The first-order chi connectivity index (χ1) is 8.31. The lowest BCUT2D eigenvalue weighted by Gasteiger charge is -2.16. The van der Waals surface area contributed by atoms with E-state index in [1.165, 1.54) is 0 Å². The summed E-state index contributed by atoms with van der Waals surface area (Å²) in [5.41, 5.74) is 4.51. The molecule has 5 heteroatoms. The number of rotatable bonds is 4. The monoisotopic (exact) mass is 256 g/mol. The van der Waals surface area contributed by atoms with Crippen LogP contribution >= 0.6 is 0 Å². The summed E-state index contributed by atoms with van der Waals surface area (Å²) in [6.07, 6.45) is 0.797. The Morgan fingerprint density at radius 1 is 1.28 bits per heavy atom. The van der Waals surface area contributed by atoms with Crippen molar-refractivity contribution in [2.24, 2.45) is 5.92 Å². The zero-order valence-corrected chi connectivity index (χ0v) is 10.8. The fraction of sp³-hybridized carbons (Fsp3) is 0.462. The molecule has 0 fully saturated rings. The fourth-order valence-electron chi connectivity index (χ4n) is 1.79. The van der Waals surface area contributed by atoms with E-state index in [4.69, 9.17) is 5.73 Å². The van der Waals surface area contributed by atoms with Crippen LogP contribution in [0.3, 0.4) is 0 Å². The number of anilines is 1. The minimum Gasteiger partial charge on any atom is -0.394 e. The minimum absolute atomic E-state index is 0.0545. The van der Waals surface area contributed by atoms with E-state index in [1.807, 2.05) is 20.8 Å². The van der Waals surface area contributed by atoms with E-state index >= 15 is 0 Å². The molecule has 18 heavy (non-hydrogen) atoms. The molecule has 1 rings (SSSR count). The molecule has 0 radical (unpaired) electrons. The summed E-state index contributed by atoms with van der Waals surface area (Å²) < 4.78 is 26.4. The molecule has 0 bridgehead atoms. The number of hydrogen-bond acceptors (Lipinski definition) is 2. The Morgan fingerprint density at radius 2 is 1.78 bits per heavy atom. The maximum atomic E-state index is 13.2. The van der Waals surface area contributed by atoms with Crippen molar-refractivity contribution in [1.82, 2.24) is 5.32 Å². The van der Waals surface area contributed by atoms with Crippen LogP contribution in [0.1, 0.15) is 37.6 Å². The first kappa shape index (κ1) is 14.4. The van der Waals surface area contributed by atoms with Gasteiger partial charge in [-0.2, -0.15) is 0 Å². The summed E-state index contributed by atoms with van der Waals surface area (Å²) in [5, 5.41) is 2.69. The Labute approximate surface area is 105 Å². The minimum atomic E-state index is -0.920. The SMILES string of the molecule is CC(C)CC(C)NC(=O)c1cc(F)c(N)c(F)c1. The lowest BCUT2D eigenvalue weighted by atomic mass is 10.0. The lowest BCUT2D eigenvalue weighted by Crippen LogP contribution is -2.33. The third kappa shape index (κ3) is 3.68. The molecule has 0 aliphatic heterocycles. The summed E-state index contributed by atoms with van der Waals surface area (Å²) in [6.45, 7) is 5.92. The smallest absolute Gasteiger partial charge is 0.251 e. The molecule has 1 unspecified atom stereocenters. The van der Waals surface area contributed by atoms with Crippen molar-refractivity contribution in [1.29, 1.82) is 0 Å². The van der Waals surface area contributed by atoms with Gasteiger partial charge in [0, 0.05) is 11.6 Å². The number of hydrogen-bond donors (Lipinski definition) is 2. The maximum absolute atomic E-state index is 13.2. The van der Waals surface area contributed by atoms with E-state index in [0.29, 0.717) is 5.92 Å². The standard InChI is InChI=1S/C13H18F2N2O/c1-7(2)4-8(3)17-13(18)9-5-10(14)12(16)11(15)6-9/h5-8H,4,16H2,1-3H3,(H,17,18). The highest BCUT2D eigenvalue weighted by Gasteiger charge is 2.15. The molecule has 3 nitrogen and oxygen atoms in total. The number of carbonyl (C=O) groups excluding carboxylic acids is 1. The predicted molar refractivity (Wildman–Crippen MR) is 67.2 cm³/mol. The zero-order chi connectivity index (χ0) is 13.9. The largest absolute Gasteiger partial charge is 0.394 e. The number of nitrogen functional groups attached to an aromatic ring is 1. The molecule has 0 aromatic heterocycles. The highest BCUT2D eigenvalue weighted by Crippen LogP contribution is 2.17. The zero-order valence-electron chi connectivity index (χ0n) is 10.8. The van der Waals surface area contributed by atoms with Crippen molar-refractivity contribution in [2.75, 3.05) is 5.73 Å². The van der Waals surface area contributed by atoms with Gasteiger partial charge in [0.05, 0.1) is 0 Å². The Bertz CT molecular complexity index is 424. The number of nitrogens with two attached hydrogens (primary N) is 1. The number of nitrogens with one attached hydrogen (secondary N) is 1. The quantitative estimate of drug-likeness (QED) is 0.814. The summed E-state index contributed by atoms with van der Waals surface area (Å²) in [4.78, 5) is 11.8. The van der Waals surface area contributed by atoms with Crippen LogP contribution in [0.4, 0.5) is 14.5 Å². The van der Waals surface area contributed by atoms with E-state index in [9.17, 15) is 13.6 Å². The predicted octanol–water partition coefficient (Wildman–Crippen LogP) is 2.71. The average molecular weight is 256 g/mol. The van der Waals surface area contributed by atoms with Crippen molar-refractivity contribution in [2.45, 2.75) is 33.2 Å². The van der Waals surface area contributed by atoms with E-state index in [2.05, 4.69) is 5.32 Å². The fourth-order valence-corrected chi connectivity index (χ4v) is 1.79. The van der Waals surface area contributed by atoms with Crippen molar-refractivity contribution in [3.8, 4) is 0 Å². The molecule has 1 aromatic rings. The van der Waals surface area contributed by atoms with Gasteiger partial charge in [0.2, 0.25) is 0 Å². The van der Waals surface area contributed by atoms with Crippen molar-refractivity contribution in [3.63, 3.8) is 0 Å². The second-order valence-corrected chi connectivity index (χ2v) is 4.86. The highest BCUT2D eigenvalue weighted by molar-refractivity contribution is 5.94. The van der Waals surface area contributed by atoms with Crippen molar-refractivity contribution in [3.05, 3.63) is 29.3 Å². The maximum Gasteiger partial charge on any atom is 0.251 e. The lowest BCUT2D eigenvalue weighted by molar-refractivity contribution is 0.0935. The Hall–Kier alpha value is -1.65. The molecule has 1 aromatic carbocycles. The molecule has 0 saturated heterocycles. The topological polar surface area (TPSA) is 55.1 Å². The van der Waals surface area contributed by atoms with Gasteiger partial charge in [0.25, 0.3) is 5.91 Å². The number of benzene rings is 1. The number of amides is 1. The van der Waals surface area contributed by atoms with Crippen LogP contribution in [0.25, 0.3) is 0 Å². The second-order valence-electron chi connectivity index (χ2n) is 4.86. The van der Waals surface area contributed by atoms with Crippen LogP contribution in [0.5, 0.6) is 0 Å². The Balaban J connectivity index is 2.79. The first-order valence-electron chi connectivity index (χ1n) is 5.86. The summed E-state index contributed by atoms with van der Waals surface area (Å²) >= 11 is 0. The molecule has 3 N–H and O–H groups in total. The normalized spacial score (nSPS) is 12.6. The van der Waals surface area contributed by atoms with E-state index in [-0.39, 0.29) is 11.6 Å². The van der Waals surface area contributed by atoms with Crippen LogP contribution in [-0.4, -0.2) is 11.9 Å². The molecular formula is C13H18F2N2O. The van der Waals surface area contributed by atoms with Crippen LogP contribution < -0.4 is 11.1 Å². The molecule has 100 valence electrons. The molecule has 0 aliphatic carbocycles. The number of halogens is 2. The van der Waals surface area contributed by atoms with Gasteiger partial charge in [-0.05, 0) is 31.4 Å². The van der Waals surface area contributed by atoms with Gasteiger partial charge in [-0.15, -0.1) is 0 Å². The van der Waals surface area contributed by atoms with Gasteiger partial charge in [-0.1, -0.05) is 13.8 Å². The van der Waals surface area contributed by atoms with Crippen LogP contribution in [-0.2, 0) is 0 Å². The molecule has 0 heterocycles. The van der Waals surface area contributed by atoms with Gasteiger partial charge in [0.1, 0.15) is 17.3 Å².